The lowest BCUT2D eigenvalue weighted by atomic mass is 9.44. The number of benzene rings is 2. The Bertz CT molecular complexity index is 2370. The standard InChI is InChI=1S/C48H54FN3O10/c1-44(2)61-40-23-37-36-12-10-32-22-34(53)15-18-45(32,3)47(36,49)38(54)24-46(37,4)48(40,62-44)39(55)27-60-42(57)14-13-41(56)59-20-17-28-5-7-29(8-6-28)35(25-50)43(58)52-33-11-9-31-26-51-19-16-30(31)21-33/h5-9,11,15-16,18-19,21-22,26,35-38,40,54H,10,12-14,17,20,23-25,27,50H2,1-4H3,(H,52,58)/t35?,36-,37-,38-,40+,45-,46-,47-,48+/m0/s1. The van der Waals surface area contributed by atoms with Crippen molar-refractivity contribution >= 4 is 45.9 Å². The van der Waals surface area contributed by atoms with Crippen LogP contribution >= 0.6 is 0 Å². The fraction of sp³-hybridized carbons (Fsp3) is 0.500. The summed E-state index contributed by atoms with van der Waals surface area (Å²) in [5.74, 6) is -5.24. The number of allylic oxidation sites excluding steroid dienone is 4. The summed E-state index contributed by atoms with van der Waals surface area (Å²) in [6, 6.07) is 14.8. The van der Waals surface area contributed by atoms with E-state index in [2.05, 4.69) is 10.3 Å². The highest BCUT2D eigenvalue weighted by Crippen LogP contribution is 2.72. The Morgan fingerprint density at radius 3 is 2.48 bits per heavy atom. The molecule has 0 radical (unpaired) electrons. The Kier molecular flexibility index (Phi) is 11.4. The Labute approximate surface area is 359 Å². The molecule has 1 amide bonds. The molecular weight excluding hydrogens is 798 g/mol. The Morgan fingerprint density at radius 2 is 1.74 bits per heavy atom. The lowest BCUT2D eigenvalue weighted by Crippen LogP contribution is -2.70. The molecule has 1 saturated heterocycles. The molecule has 0 bridgehead atoms. The van der Waals surface area contributed by atoms with E-state index in [-0.39, 0.29) is 44.1 Å². The van der Waals surface area contributed by atoms with Crippen LogP contribution in [0.3, 0.4) is 0 Å². The van der Waals surface area contributed by atoms with Crippen LogP contribution in [0.5, 0.6) is 0 Å². The molecule has 2 aromatic carbocycles. The molecule has 1 aliphatic heterocycles. The highest BCUT2D eigenvalue weighted by atomic mass is 19.1. The zero-order chi connectivity index (χ0) is 44.2. The number of ether oxygens (including phenoxy) is 4. The molecular formula is C48H54FN3O10. The van der Waals surface area contributed by atoms with E-state index in [1.165, 1.54) is 12.2 Å². The number of nitrogens with zero attached hydrogens (tertiary/aromatic N) is 1. The van der Waals surface area contributed by atoms with Gasteiger partial charge in [-0.05, 0) is 99.2 Å². The van der Waals surface area contributed by atoms with Gasteiger partial charge in [-0.2, -0.15) is 0 Å². The summed E-state index contributed by atoms with van der Waals surface area (Å²) in [5.41, 5.74) is 2.91. The second kappa shape index (κ2) is 16.2. The first-order chi connectivity index (χ1) is 29.4. The quantitative estimate of drug-likeness (QED) is 0.176. The highest BCUT2D eigenvalue weighted by Gasteiger charge is 2.80. The summed E-state index contributed by atoms with van der Waals surface area (Å²) in [5, 5.41) is 16.7. The first-order valence-electron chi connectivity index (χ1n) is 21.4. The van der Waals surface area contributed by atoms with Crippen LogP contribution in [-0.2, 0) is 49.3 Å². The number of nitrogens with one attached hydrogen (secondary N) is 1. The third-order valence-corrected chi connectivity index (χ3v) is 14.4. The molecule has 3 aromatic rings. The smallest absolute Gasteiger partial charge is 0.306 e. The summed E-state index contributed by atoms with van der Waals surface area (Å²) in [6.45, 7) is 6.45. The van der Waals surface area contributed by atoms with Crippen LogP contribution in [0.1, 0.15) is 83.3 Å². The van der Waals surface area contributed by atoms with Crippen LogP contribution in [0.4, 0.5) is 10.1 Å². The van der Waals surface area contributed by atoms with Crippen LogP contribution in [0, 0.1) is 22.7 Å². The number of hydrogen-bond acceptors (Lipinski definition) is 12. The van der Waals surface area contributed by atoms with Gasteiger partial charge in [-0.3, -0.25) is 29.0 Å². The minimum atomic E-state index is -2.10. The van der Waals surface area contributed by atoms with Crippen molar-refractivity contribution in [2.75, 3.05) is 25.1 Å². The van der Waals surface area contributed by atoms with Gasteiger partial charge in [0.2, 0.25) is 11.7 Å². The molecule has 62 heavy (non-hydrogen) atoms. The maximum Gasteiger partial charge on any atom is 0.306 e. The molecule has 2 heterocycles. The molecule has 1 unspecified atom stereocenters. The van der Waals surface area contributed by atoms with E-state index in [1.54, 1.807) is 39.2 Å². The first-order valence-corrected chi connectivity index (χ1v) is 21.4. The average molecular weight is 852 g/mol. The number of aromatic nitrogens is 1. The zero-order valence-electron chi connectivity index (χ0n) is 35.5. The molecule has 0 spiro atoms. The minimum Gasteiger partial charge on any atom is -0.465 e. The third-order valence-electron chi connectivity index (χ3n) is 14.4. The van der Waals surface area contributed by atoms with Gasteiger partial charge in [-0.1, -0.05) is 48.9 Å². The maximum absolute atomic E-state index is 17.7. The first kappa shape index (κ1) is 43.5. The van der Waals surface area contributed by atoms with Gasteiger partial charge in [-0.25, -0.2) is 4.39 Å². The zero-order valence-corrected chi connectivity index (χ0v) is 35.5. The normalized spacial score (nSPS) is 32.1. The fourth-order valence-electron chi connectivity index (χ4n) is 11.4. The number of esters is 2. The summed E-state index contributed by atoms with van der Waals surface area (Å²) in [4.78, 5) is 69.4. The summed E-state index contributed by atoms with van der Waals surface area (Å²) < 4.78 is 41.4. The molecule has 14 heteroatoms. The second-order valence-electron chi connectivity index (χ2n) is 18.4. The fourth-order valence-corrected chi connectivity index (χ4v) is 11.4. The van der Waals surface area contributed by atoms with Crippen molar-refractivity contribution in [2.24, 2.45) is 28.4 Å². The molecule has 4 N–H and O–H groups in total. The van der Waals surface area contributed by atoms with Gasteiger partial charge in [0.1, 0.15) is 0 Å². The Morgan fingerprint density at radius 1 is 1.00 bits per heavy atom. The molecule has 8 rings (SSSR count). The van der Waals surface area contributed by atoms with Gasteiger partial charge >= 0.3 is 11.9 Å². The number of amides is 1. The van der Waals surface area contributed by atoms with Crippen LogP contribution < -0.4 is 11.1 Å². The van der Waals surface area contributed by atoms with Crippen molar-refractivity contribution in [2.45, 2.75) is 108 Å². The molecule has 1 aromatic heterocycles. The van der Waals surface area contributed by atoms with Crippen LogP contribution in [-0.4, -0.2) is 88.5 Å². The number of Topliss-reactive ketones (excluding diaryl/α,β-unsaturated/α-hetero) is 1. The van der Waals surface area contributed by atoms with Crippen LogP contribution in [0.15, 0.2) is 84.7 Å². The van der Waals surface area contributed by atoms with Gasteiger partial charge in [0.15, 0.2) is 29.4 Å². The van der Waals surface area contributed by atoms with E-state index in [0.29, 0.717) is 36.9 Å². The molecule has 3 saturated carbocycles. The summed E-state index contributed by atoms with van der Waals surface area (Å²) >= 11 is 0. The van der Waals surface area contributed by atoms with E-state index in [4.69, 9.17) is 24.7 Å². The third kappa shape index (κ3) is 7.28. The van der Waals surface area contributed by atoms with E-state index in [1.807, 2.05) is 55.5 Å². The highest BCUT2D eigenvalue weighted by molar-refractivity contribution is 6.01. The number of carbonyl (C=O) groups is 5. The van der Waals surface area contributed by atoms with Crippen molar-refractivity contribution < 1.29 is 52.4 Å². The van der Waals surface area contributed by atoms with Gasteiger partial charge in [0.05, 0.1) is 37.6 Å². The number of hydrogen-bond donors (Lipinski definition) is 3. The molecule has 4 aliphatic carbocycles. The van der Waals surface area contributed by atoms with Gasteiger partial charge in [0, 0.05) is 53.2 Å². The van der Waals surface area contributed by atoms with Crippen molar-refractivity contribution in [1.29, 1.82) is 0 Å². The Hall–Kier alpha value is -5.15. The topological polar surface area (TPSA) is 193 Å². The number of alkyl halides is 1. The van der Waals surface area contributed by atoms with Gasteiger partial charge in [0.25, 0.3) is 0 Å². The minimum absolute atomic E-state index is 0.0545. The predicted octanol–water partition coefficient (Wildman–Crippen LogP) is 5.77. The van der Waals surface area contributed by atoms with E-state index >= 15 is 4.39 Å². The second-order valence-corrected chi connectivity index (χ2v) is 18.4. The number of nitrogens with two attached hydrogens (primary N) is 1. The number of ketones is 2. The van der Waals surface area contributed by atoms with E-state index < -0.39 is 82.2 Å². The number of fused-ring (bicyclic) bond motifs is 8. The van der Waals surface area contributed by atoms with Crippen molar-refractivity contribution in [1.82, 2.24) is 4.98 Å². The Balaban J connectivity index is 0.828. The molecule has 5 aliphatic rings. The number of rotatable bonds is 13. The monoisotopic (exact) mass is 851 g/mol. The molecule has 9 atom stereocenters. The van der Waals surface area contributed by atoms with Crippen molar-refractivity contribution in [3.05, 3.63) is 95.9 Å². The number of anilines is 1. The van der Waals surface area contributed by atoms with E-state index in [9.17, 15) is 29.1 Å². The van der Waals surface area contributed by atoms with Gasteiger partial charge < -0.3 is 35.1 Å². The predicted molar refractivity (Wildman–Crippen MR) is 225 cm³/mol. The molecule has 4 fully saturated rings. The van der Waals surface area contributed by atoms with Crippen molar-refractivity contribution in [3.63, 3.8) is 0 Å². The number of carbonyl (C=O) groups excluding carboxylic acids is 5. The SMILES string of the molecule is CC1(C)O[C@@H]2C[C@H]3[C@@H]4CCC5=CC(=O)C=C[C@]5(C)[C@@]4(F)[C@@H](O)C[C@]3(C)[C@]2(C(=O)COC(=O)CCC(=O)OCCc2ccc(C(CN)C(=O)Nc3ccc4cnccc4c3)cc2)O1. The summed E-state index contributed by atoms with van der Waals surface area (Å²) in [7, 11) is 0. The molecule has 13 nitrogen and oxygen atoms in total. The number of halogens is 1. The number of pyridine rings is 1. The number of aliphatic hydroxyl groups excluding tert-OH is 1. The summed E-state index contributed by atoms with van der Waals surface area (Å²) in [6.07, 6.45) is 6.42. The van der Waals surface area contributed by atoms with Crippen LogP contribution in [0.25, 0.3) is 10.8 Å². The van der Waals surface area contributed by atoms with Crippen molar-refractivity contribution in [3.8, 4) is 0 Å². The average Bonchev–Trinajstić information content (AvgIpc) is 3.65. The molecule has 328 valence electrons. The maximum atomic E-state index is 17.7. The largest absolute Gasteiger partial charge is 0.465 e. The van der Waals surface area contributed by atoms with E-state index in [0.717, 1.165) is 21.9 Å². The van der Waals surface area contributed by atoms with Crippen LogP contribution in [0.2, 0.25) is 0 Å². The lowest BCUT2D eigenvalue weighted by molar-refractivity contribution is -0.246. The number of aliphatic hydroxyl groups is 1. The van der Waals surface area contributed by atoms with Gasteiger partial charge in [-0.15, -0.1) is 0 Å². The lowest BCUT2D eigenvalue weighted by Gasteiger charge is -2.62.